The topological polar surface area (TPSA) is 58.6 Å². The summed E-state index contributed by atoms with van der Waals surface area (Å²) in [4.78, 5) is 24.0. The van der Waals surface area contributed by atoms with E-state index in [9.17, 15) is 9.59 Å². The van der Waals surface area contributed by atoms with Crippen LogP contribution in [0.4, 0.5) is 15.3 Å². The maximum absolute atomic E-state index is 11.3. The number of anilines is 1. The number of para-hydroxylation sites is 1. The van der Waals surface area contributed by atoms with Crippen molar-refractivity contribution in [3.05, 3.63) is 30.3 Å². The summed E-state index contributed by atoms with van der Waals surface area (Å²) in [6.45, 7) is 1.33. The number of amides is 2. The number of ether oxygens (including phenoxy) is 1. The van der Waals surface area contributed by atoms with Crippen LogP contribution in [0.25, 0.3) is 0 Å². The molecule has 1 aromatic carbocycles. The summed E-state index contributed by atoms with van der Waals surface area (Å²) in [6.07, 6.45) is -0.363. The summed E-state index contributed by atoms with van der Waals surface area (Å²) in [7, 11) is 0. The van der Waals surface area contributed by atoms with Crippen molar-refractivity contribution in [2.75, 3.05) is 18.4 Å². The fraction of sp³-hybridized carbons (Fsp3) is 0.273. The standard InChI is InChI=1S/C11H12N2O3/c14-10(12-9-5-2-1-3-6-9)16-11(15)13-7-4-8-13/h1-3,5-6H,4,7-8H2,(H,12,14). The fourth-order valence-electron chi connectivity index (χ4n) is 1.31. The van der Waals surface area contributed by atoms with Crippen molar-refractivity contribution in [2.24, 2.45) is 0 Å². The van der Waals surface area contributed by atoms with Gasteiger partial charge in [0.25, 0.3) is 0 Å². The van der Waals surface area contributed by atoms with Crippen LogP contribution in [0.15, 0.2) is 30.3 Å². The van der Waals surface area contributed by atoms with Gasteiger partial charge in [0.05, 0.1) is 0 Å². The monoisotopic (exact) mass is 220 g/mol. The molecule has 1 heterocycles. The average molecular weight is 220 g/mol. The van der Waals surface area contributed by atoms with Gasteiger partial charge in [-0.1, -0.05) is 18.2 Å². The minimum atomic E-state index is -0.747. The van der Waals surface area contributed by atoms with Gasteiger partial charge in [0.2, 0.25) is 0 Å². The molecule has 5 heteroatoms. The first-order valence-electron chi connectivity index (χ1n) is 5.08. The molecule has 0 saturated carbocycles. The lowest BCUT2D eigenvalue weighted by molar-refractivity contribution is 0.103. The SMILES string of the molecule is O=C(Nc1ccccc1)OC(=O)N1CCC1. The number of hydrogen-bond donors (Lipinski definition) is 1. The second kappa shape index (κ2) is 4.65. The second-order valence-electron chi connectivity index (χ2n) is 3.49. The van der Waals surface area contributed by atoms with Crippen LogP contribution in [0, 0.1) is 0 Å². The van der Waals surface area contributed by atoms with E-state index < -0.39 is 12.2 Å². The zero-order valence-electron chi connectivity index (χ0n) is 8.68. The Morgan fingerprint density at radius 2 is 1.88 bits per heavy atom. The lowest BCUT2D eigenvalue weighted by Gasteiger charge is -2.29. The molecular weight excluding hydrogens is 208 g/mol. The van der Waals surface area contributed by atoms with Gasteiger partial charge in [-0.15, -0.1) is 0 Å². The number of rotatable bonds is 1. The average Bonchev–Trinajstić information content (AvgIpc) is 2.15. The van der Waals surface area contributed by atoms with Crippen LogP contribution in [0.1, 0.15) is 6.42 Å². The highest BCUT2D eigenvalue weighted by molar-refractivity contribution is 5.92. The van der Waals surface area contributed by atoms with Crippen molar-refractivity contribution < 1.29 is 14.3 Å². The molecule has 16 heavy (non-hydrogen) atoms. The molecule has 1 aliphatic heterocycles. The molecule has 84 valence electrons. The summed E-state index contributed by atoms with van der Waals surface area (Å²) in [5, 5.41) is 2.47. The lowest BCUT2D eigenvalue weighted by atomic mass is 10.2. The third kappa shape index (κ3) is 2.50. The Morgan fingerprint density at radius 3 is 2.44 bits per heavy atom. The molecule has 2 amide bonds. The van der Waals surface area contributed by atoms with Crippen LogP contribution in [0.2, 0.25) is 0 Å². The Kier molecular flexibility index (Phi) is 3.05. The molecule has 0 bridgehead atoms. The maximum Gasteiger partial charge on any atom is 0.420 e. The third-order valence-electron chi connectivity index (χ3n) is 2.31. The molecule has 0 spiro atoms. The first kappa shape index (κ1) is 10.5. The van der Waals surface area contributed by atoms with Gasteiger partial charge >= 0.3 is 12.2 Å². The van der Waals surface area contributed by atoms with Gasteiger partial charge in [-0.05, 0) is 18.6 Å². The van der Waals surface area contributed by atoms with Crippen LogP contribution in [0.5, 0.6) is 0 Å². The minimum Gasteiger partial charge on any atom is -0.359 e. The quantitative estimate of drug-likeness (QED) is 0.737. The van der Waals surface area contributed by atoms with Crippen LogP contribution >= 0.6 is 0 Å². The third-order valence-corrected chi connectivity index (χ3v) is 2.31. The molecule has 0 radical (unpaired) electrons. The van der Waals surface area contributed by atoms with Crippen molar-refractivity contribution in [1.29, 1.82) is 0 Å². The maximum atomic E-state index is 11.3. The van der Waals surface area contributed by atoms with Gasteiger partial charge < -0.3 is 9.64 Å². The minimum absolute atomic E-state index is 0.584. The van der Waals surface area contributed by atoms with E-state index in [2.05, 4.69) is 10.1 Å². The lowest BCUT2D eigenvalue weighted by Crippen LogP contribution is -2.43. The van der Waals surface area contributed by atoms with E-state index in [0.717, 1.165) is 6.42 Å². The highest BCUT2D eigenvalue weighted by Crippen LogP contribution is 2.09. The fourth-order valence-corrected chi connectivity index (χ4v) is 1.31. The molecule has 0 atom stereocenters. The Labute approximate surface area is 93.0 Å². The van der Waals surface area contributed by atoms with E-state index in [1.54, 1.807) is 24.3 Å². The van der Waals surface area contributed by atoms with Gasteiger partial charge in [-0.3, -0.25) is 5.32 Å². The number of hydrogen-bond acceptors (Lipinski definition) is 3. The number of nitrogens with one attached hydrogen (secondary N) is 1. The highest BCUT2D eigenvalue weighted by Gasteiger charge is 2.23. The van der Waals surface area contributed by atoms with Gasteiger partial charge in [0.15, 0.2) is 0 Å². The Balaban J connectivity index is 1.82. The predicted molar refractivity (Wildman–Crippen MR) is 58.1 cm³/mol. The van der Waals surface area contributed by atoms with Crippen LogP contribution in [0.3, 0.4) is 0 Å². The molecule has 1 N–H and O–H groups in total. The number of likely N-dealkylation sites (tertiary alicyclic amines) is 1. The predicted octanol–water partition coefficient (Wildman–Crippen LogP) is 2.06. The van der Waals surface area contributed by atoms with Gasteiger partial charge in [0.1, 0.15) is 0 Å². The van der Waals surface area contributed by atoms with Crippen LogP contribution in [-0.4, -0.2) is 30.2 Å². The number of nitrogens with zero attached hydrogens (tertiary/aromatic N) is 1. The van der Waals surface area contributed by atoms with E-state index in [-0.39, 0.29) is 0 Å². The molecule has 2 rings (SSSR count). The van der Waals surface area contributed by atoms with E-state index in [1.165, 1.54) is 4.90 Å². The normalized spacial score (nSPS) is 13.9. The Hall–Kier alpha value is -2.04. The van der Waals surface area contributed by atoms with Crippen LogP contribution < -0.4 is 5.32 Å². The van der Waals surface area contributed by atoms with Crippen molar-refractivity contribution >= 4 is 17.9 Å². The Morgan fingerprint density at radius 1 is 1.19 bits per heavy atom. The largest absolute Gasteiger partial charge is 0.420 e. The molecule has 1 aromatic rings. The first-order chi connectivity index (χ1) is 7.75. The van der Waals surface area contributed by atoms with Gasteiger partial charge in [-0.2, -0.15) is 0 Å². The summed E-state index contributed by atoms with van der Waals surface area (Å²) in [5.74, 6) is 0. The Bertz CT molecular complexity index is 387. The number of benzene rings is 1. The highest BCUT2D eigenvalue weighted by atomic mass is 16.6. The van der Waals surface area contributed by atoms with E-state index in [0.29, 0.717) is 18.8 Å². The molecule has 1 saturated heterocycles. The molecule has 5 nitrogen and oxygen atoms in total. The van der Waals surface area contributed by atoms with Crippen molar-refractivity contribution in [3.8, 4) is 0 Å². The molecule has 1 fully saturated rings. The smallest absolute Gasteiger partial charge is 0.359 e. The van der Waals surface area contributed by atoms with Crippen molar-refractivity contribution in [1.82, 2.24) is 4.90 Å². The molecule has 1 aliphatic rings. The zero-order valence-corrected chi connectivity index (χ0v) is 8.68. The van der Waals surface area contributed by atoms with Crippen molar-refractivity contribution in [2.45, 2.75) is 6.42 Å². The van der Waals surface area contributed by atoms with Gasteiger partial charge in [0, 0.05) is 18.8 Å². The number of carbonyl (C=O) groups excluding carboxylic acids is 2. The first-order valence-corrected chi connectivity index (χ1v) is 5.08. The molecule has 0 aliphatic carbocycles. The van der Waals surface area contributed by atoms with Crippen molar-refractivity contribution in [3.63, 3.8) is 0 Å². The molecule has 0 unspecified atom stereocenters. The number of carbonyl (C=O) groups is 2. The second-order valence-corrected chi connectivity index (χ2v) is 3.49. The molecular formula is C11H12N2O3. The van der Waals surface area contributed by atoms with E-state index in [4.69, 9.17) is 0 Å². The summed E-state index contributed by atoms with van der Waals surface area (Å²) >= 11 is 0. The van der Waals surface area contributed by atoms with Crippen LogP contribution in [-0.2, 0) is 4.74 Å². The van der Waals surface area contributed by atoms with Gasteiger partial charge in [-0.25, -0.2) is 9.59 Å². The summed E-state index contributed by atoms with van der Waals surface area (Å²) < 4.78 is 4.60. The molecule has 0 aromatic heterocycles. The summed E-state index contributed by atoms with van der Waals surface area (Å²) in [5.41, 5.74) is 0.601. The van der Waals surface area contributed by atoms with E-state index >= 15 is 0 Å². The zero-order chi connectivity index (χ0) is 11.4. The summed E-state index contributed by atoms with van der Waals surface area (Å²) in [6, 6.07) is 8.84. The van der Waals surface area contributed by atoms with E-state index in [1.807, 2.05) is 6.07 Å².